The van der Waals surface area contributed by atoms with E-state index in [0.717, 1.165) is 49.2 Å². The summed E-state index contributed by atoms with van der Waals surface area (Å²) in [7, 11) is 3.50. The fourth-order valence-electron chi connectivity index (χ4n) is 4.05. The Morgan fingerprint density at radius 3 is 2.39 bits per heavy atom. The zero-order chi connectivity index (χ0) is 26.0. The van der Waals surface area contributed by atoms with Gasteiger partial charge in [-0.1, -0.05) is 77.9 Å². The topological polar surface area (TPSA) is 67.8 Å². The number of ether oxygens (including phenoxy) is 2. The van der Waals surface area contributed by atoms with Crippen molar-refractivity contribution in [1.29, 1.82) is 0 Å². The molecule has 1 aliphatic rings. The number of hydrogen-bond acceptors (Lipinski definition) is 6. The van der Waals surface area contributed by atoms with Crippen molar-refractivity contribution in [2.75, 3.05) is 19.8 Å². The Labute approximate surface area is 224 Å². The largest absolute Gasteiger partial charge is 0.396 e. The SMILES string of the molecule is CCC1(CC)COC(c2ccc(CNC(=O)CCC(C)(C)SSc3ccccc3CCO)cc2)OC1. The number of amides is 1. The molecule has 0 saturated carbocycles. The Balaban J connectivity index is 1.40. The van der Waals surface area contributed by atoms with Crippen molar-refractivity contribution < 1.29 is 19.4 Å². The number of nitrogens with one attached hydrogen (secondary N) is 1. The highest BCUT2D eigenvalue weighted by Crippen LogP contribution is 2.44. The van der Waals surface area contributed by atoms with Crippen LogP contribution in [-0.4, -0.2) is 35.6 Å². The molecule has 0 aliphatic carbocycles. The van der Waals surface area contributed by atoms with Gasteiger partial charge in [-0.2, -0.15) is 0 Å². The van der Waals surface area contributed by atoms with E-state index in [9.17, 15) is 9.90 Å². The standard InChI is InChI=1S/C29H41NO4S2/c1-5-29(6-2)20-33-27(34-21-29)24-13-11-22(12-14-24)19-30-26(32)15-17-28(3,4)36-35-25-10-8-7-9-23(25)16-18-31/h7-14,27,31H,5-6,15-21H2,1-4H3,(H,30,32). The van der Waals surface area contributed by atoms with Crippen molar-refractivity contribution in [3.8, 4) is 0 Å². The van der Waals surface area contributed by atoms with Crippen LogP contribution in [0.4, 0.5) is 0 Å². The number of hydrogen-bond donors (Lipinski definition) is 2. The minimum Gasteiger partial charge on any atom is -0.396 e. The number of carbonyl (C=O) groups is 1. The lowest BCUT2D eigenvalue weighted by atomic mass is 9.83. The Bertz CT molecular complexity index is 950. The van der Waals surface area contributed by atoms with Crippen LogP contribution in [0, 0.1) is 5.41 Å². The molecule has 0 atom stereocenters. The van der Waals surface area contributed by atoms with Crippen LogP contribution in [0.15, 0.2) is 53.4 Å². The fraction of sp³-hybridized carbons (Fsp3) is 0.552. The second-order valence-electron chi connectivity index (χ2n) is 10.2. The van der Waals surface area contributed by atoms with Crippen molar-refractivity contribution in [3.05, 3.63) is 65.2 Å². The lowest BCUT2D eigenvalue weighted by molar-refractivity contribution is -0.235. The Hall–Kier alpha value is -1.51. The predicted molar refractivity (Wildman–Crippen MR) is 150 cm³/mol. The third-order valence-electron chi connectivity index (χ3n) is 6.99. The van der Waals surface area contributed by atoms with Gasteiger partial charge in [-0.25, -0.2) is 0 Å². The van der Waals surface area contributed by atoms with Gasteiger partial charge in [-0.05, 0) is 56.7 Å². The van der Waals surface area contributed by atoms with Crippen LogP contribution >= 0.6 is 21.6 Å². The summed E-state index contributed by atoms with van der Waals surface area (Å²) in [4.78, 5) is 13.7. The smallest absolute Gasteiger partial charge is 0.220 e. The molecule has 0 unspecified atom stereocenters. The number of rotatable bonds is 13. The van der Waals surface area contributed by atoms with Crippen LogP contribution in [0.2, 0.25) is 0 Å². The summed E-state index contributed by atoms with van der Waals surface area (Å²) in [6.07, 6.45) is 3.73. The van der Waals surface area contributed by atoms with Crippen molar-refractivity contribution in [2.45, 2.75) is 82.3 Å². The highest BCUT2D eigenvalue weighted by atomic mass is 33.1. The number of carbonyl (C=O) groups excluding carboxylic acids is 1. The van der Waals surface area contributed by atoms with Crippen molar-refractivity contribution in [3.63, 3.8) is 0 Å². The molecule has 3 rings (SSSR count). The molecule has 0 bridgehead atoms. The average molecular weight is 532 g/mol. The summed E-state index contributed by atoms with van der Waals surface area (Å²) >= 11 is 0. The molecule has 1 heterocycles. The van der Waals surface area contributed by atoms with Crippen LogP contribution in [0.25, 0.3) is 0 Å². The molecular formula is C29H41NO4S2. The minimum absolute atomic E-state index is 0.0525. The second-order valence-corrected chi connectivity index (χ2v) is 13.1. The van der Waals surface area contributed by atoms with E-state index in [2.05, 4.69) is 45.1 Å². The first-order chi connectivity index (χ1) is 17.3. The van der Waals surface area contributed by atoms with E-state index in [1.54, 1.807) is 21.6 Å². The van der Waals surface area contributed by atoms with Gasteiger partial charge in [0.25, 0.3) is 0 Å². The summed E-state index contributed by atoms with van der Waals surface area (Å²) in [6, 6.07) is 16.3. The molecule has 5 nitrogen and oxygen atoms in total. The molecule has 7 heteroatoms. The van der Waals surface area contributed by atoms with E-state index in [-0.39, 0.29) is 29.0 Å². The maximum absolute atomic E-state index is 12.5. The molecule has 198 valence electrons. The van der Waals surface area contributed by atoms with Crippen molar-refractivity contribution in [1.82, 2.24) is 5.32 Å². The average Bonchev–Trinajstić information content (AvgIpc) is 2.91. The quantitative estimate of drug-likeness (QED) is 0.281. The molecule has 0 spiro atoms. The minimum atomic E-state index is -0.312. The molecule has 2 N–H and O–H groups in total. The van der Waals surface area contributed by atoms with Gasteiger partial charge in [0.15, 0.2) is 6.29 Å². The van der Waals surface area contributed by atoms with Crippen LogP contribution < -0.4 is 5.32 Å². The van der Waals surface area contributed by atoms with E-state index in [1.165, 1.54) is 4.90 Å². The van der Waals surface area contributed by atoms with E-state index in [4.69, 9.17) is 9.47 Å². The zero-order valence-electron chi connectivity index (χ0n) is 22.0. The van der Waals surface area contributed by atoms with Gasteiger partial charge >= 0.3 is 0 Å². The van der Waals surface area contributed by atoms with Crippen molar-refractivity contribution in [2.24, 2.45) is 5.41 Å². The number of aliphatic hydroxyl groups is 1. The van der Waals surface area contributed by atoms with Crippen LogP contribution in [0.5, 0.6) is 0 Å². The molecule has 2 aromatic rings. The highest BCUT2D eigenvalue weighted by Gasteiger charge is 2.34. The highest BCUT2D eigenvalue weighted by molar-refractivity contribution is 8.77. The van der Waals surface area contributed by atoms with Gasteiger partial charge in [-0.3, -0.25) is 4.79 Å². The maximum Gasteiger partial charge on any atom is 0.220 e. The fourth-order valence-corrected chi connectivity index (χ4v) is 6.65. The number of aliphatic hydroxyl groups excluding tert-OH is 1. The number of benzene rings is 2. The lowest BCUT2D eigenvalue weighted by Crippen LogP contribution is -2.37. The third kappa shape index (κ3) is 8.52. The molecule has 1 aliphatic heterocycles. The van der Waals surface area contributed by atoms with Gasteiger partial charge in [0, 0.05) is 40.2 Å². The first-order valence-electron chi connectivity index (χ1n) is 12.9. The summed E-state index contributed by atoms with van der Waals surface area (Å²) in [5.74, 6) is 0.0628. The van der Waals surface area contributed by atoms with E-state index < -0.39 is 0 Å². The molecule has 1 amide bonds. The molecule has 0 aromatic heterocycles. The molecular weight excluding hydrogens is 490 g/mol. The van der Waals surface area contributed by atoms with Crippen molar-refractivity contribution >= 4 is 27.5 Å². The van der Waals surface area contributed by atoms with Gasteiger partial charge in [0.05, 0.1) is 13.2 Å². The van der Waals surface area contributed by atoms with E-state index in [1.807, 2.05) is 36.4 Å². The van der Waals surface area contributed by atoms with E-state index in [0.29, 0.717) is 19.4 Å². The molecule has 1 saturated heterocycles. The Morgan fingerprint density at radius 2 is 1.75 bits per heavy atom. The molecule has 1 fully saturated rings. The lowest BCUT2D eigenvalue weighted by Gasteiger charge is -2.39. The predicted octanol–water partition coefficient (Wildman–Crippen LogP) is 6.69. The van der Waals surface area contributed by atoms with Gasteiger partial charge in [0.1, 0.15) is 0 Å². The first kappa shape index (κ1) is 29.1. The monoisotopic (exact) mass is 531 g/mol. The van der Waals surface area contributed by atoms with Crippen LogP contribution in [0.1, 0.15) is 76.4 Å². The molecule has 36 heavy (non-hydrogen) atoms. The molecule has 2 aromatic carbocycles. The van der Waals surface area contributed by atoms with Gasteiger partial charge in [0.2, 0.25) is 5.91 Å². The van der Waals surface area contributed by atoms with Crippen LogP contribution in [-0.2, 0) is 27.2 Å². The van der Waals surface area contributed by atoms with E-state index >= 15 is 0 Å². The second kappa shape index (κ2) is 13.9. The summed E-state index contributed by atoms with van der Waals surface area (Å²) in [5, 5.41) is 12.3. The maximum atomic E-state index is 12.5. The van der Waals surface area contributed by atoms with Gasteiger partial charge in [-0.15, -0.1) is 0 Å². The summed E-state index contributed by atoms with van der Waals surface area (Å²) < 4.78 is 12.0. The summed E-state index contributed by atoms with van der Waals surface area (Å²) in [6.45, 7) is 10.8. The Kier molecular flexibility index (Phi) is 11.2. The normalized spacial score (nSPS) is 16.1. The zero-order valence-corrected chi connectivity index (χ0v) is 23.7. The third-order valence-corrected chi connectivity index (χ3v) is 10.4. The van der Waals surface area contributed by atoms with Gasteiger partial charge < -0.3 is 19.9 Å². The first-order valence-corrected chi connectivity index (χ1v) is 15.1. The van der Waals surface area contributed by atoms with Crippen LogP contribution in [0.3, 0.4) is 0 Å². The summed E-state index contributed by atoms with van der Waals surface area (Å²) in [5.41, 5.74) is 3.37. The molecule has 0 radical (unpaired) electrons. The Morgan fingerprint density at radius 1 is 1.08 bits per heavy atom.